The number of aliphatic hydroxyl groups is 1. The normalized spacial score (nSPS) is 23.7. The molecule has 2 heterocycles. The standard InChI is InChI=1S/C13H22N4O2/c1-8-5-17(6-11(7-18)19-8)13-12(4-14)9(2)10(3)15-16-13/h8,11,18H,4-7,14H2,1-3H3. The first kappa shape index (κ1) is 14.2. The highest BCUT2D eigenvalue weighted by molar-refractivity contribution is 5.51. The average molecular weight is 266 g/mol. The van der Waals surface area contributed by atoms with E-state index in [0.717, 1.165) is 29.2 Å². The number of hydrogen-bond donors (Lipinski definition) is 2. The summed E-state index contributed by atoms with van der Waals surface area (Å²) in [6.45, 7) is 7.74. The molecule has 2 atom stereocenters. The van der Waals surface area contributed by atoms with E-state index in [1.807, 2.05) is 20.8 Å². The summed E-state index contributed by atoms with van der Waals surface area (Å²) < 4.78 is 5.64. The first-order valence-corrected chi connectivity index (χ1v) is 6.60. The summed E-state index contributed by atoms with van der Waals surface area (Å²) in [6, 6.07) is 0. The Morgan fingerprint density at radius 2 is 2.11 bits per heavy atom. The van der Waals surface area contributed by atoms with Gasteiger partial charge in [0.25, 0.3) is 0 Å². The molecule has 0 spiro atoms. The van der Waals surface area contributed by atoms with Crippen LogP contribution in [0.2, 0.25) is 0 Å². The highest BCUT2D eigenvalue weighted by Crippen LogP contribution is 2.24. The largest absolute Gasteiger partial charge is 0.394 e. The topological polar surface area (TPSA) is 84.5 Å². The molecule has 0 saturated carbocycles. The van der Waals surface area contributed by atoms with Crippen molar-refractivity contribution < 1.29 is 9.84 Å². The maximum Gasteiger partial charge on any atom is 0.156 e. The smallest absolute Gasteiger partial charge is 0.156 e. The van der Waals surface area contributed by atoms with E-state index >= 15 is 0 Å². The van der Waals surface area contributed by atoms with Gasteiger partial charge in [-0.15, -0.1) is 5.10 Å². The molecule has 106 valence electrons. The van der Waals surface area contributed by atoms with Crippen molar-refractivity contribution in [3.63, 3.8) is 0 Å². The molecule has 0 bridgehead atoms. The molecule has 0 radical (unpaired) electrons. The van der Waals surface area contributed by atoms with E-state index in [0.29, 0.717) is 13.1 Å². The van der Waals surface area contributed by atoms with E-state index in [9.17, 15) is 5.11 Å². The number of hydrogen-bond acceptors (Lipinski definition) is 6. The lowest BCUT2D eigenvalue weighted by molar-refractivity contribution is -0.0423. The summed E-state index contributed by atoms with van der Waals surface area (Å²) in [5.41, 5.74) is 8.88. The van der Waals surface area contributed by atoms with Gasteiger partial charge in [0, 0.05) is 25.2 Å². The lowest BCUT2D eigenvalue weighted by Gasteiger charge is -2.37. The molecule has 2 rings (SSSR count). The molecule has 1 aromatic rings. The van der Waals surface area contributed by atoms with Crippen molar-refractivity contribution >= 4 is 5.82 Å². The summed E-state index contributed by atoms with van der Waals surface area (Å²) in [5.74, 6) is 0.819. The number of rotatable bonds is 3. The van der Waals surface area contributed by atoms with E-state index in [4.69, 9.17) is 10.5 Å². The molecule has 1 fully saturated rings. The van der Waals surface area contributed by atoms with Crippen LogP contribution in [-0.4, -0.2) is 47.2 Å². The Bertz CT molecular complexity index is 453. The highest BCUT2D eigenvalue weighted by atomic mass is 16.5. The van der Waals surface area contributed by atoms with Crippen molar-refractivity contribution in [1.29, 1.82) is 0 Å². The van der Waals surface area contributed by atoms with E-state index in [1.165, 1.54) is 0 Å². The van der Waals surface area contributed by atoms with Gasteiger partial charge >= 0.3 is 0 Å². The third-order valence-electron chi connectivity index (χ3n) is 3.59. The van der Waals surface area contributed by atoms with Gasteiger partial charge in [-0.1, -0.05) is 0 Å². The van der Waals surface area contributed by atoms with Crippen LogP contribution >= 0.6 is 0 Å². The molecule has 0 aromatic carbocycles. The van der Waals surface area contributed by atoms with Crippen LogP contribution in [0.3, 0.4) is 0 Å². The van der Waals surface area contributed by atoms with Gasteiger partial charge in [0.05, 0.1) is 24.5 Å². The zero-order valence-electron chi connectivity index (χ0n) is 11.8. The summed E-state index contributed by atoms with van der Waals surface area (Å²) in [7, 11) is 0. The van der Waals surface area contributed by atoms with E-state index in [-0.39, 0.29) is 18.8 Å². The van der Waals surface area contributed by atoms with Crippen LogP contribution in [0.25, 0.3) is 0 Å². The van der Waals surface area contributed by atoms with E-state index in [2.05, 4.69) is 15.1 Å². The van der Waals surface area contributed by atoms with Gasteiger partial charge in [-0.3, -0.25) is 0 Å². The SMILES string of the molecule is Cc1nnc(N2CC(C)OC(CO)C2)c(CN)c1C. The molecule has 6 heteroatoms. The summed E-state index contributed by atoms with van der Waals surface area (Å²) in [4.78, 5) is 2.11. The molecular formula is C13H22N4O2. The fourth-order valence-electron chi connectivity index (χ4n) is 2.46. The number of ether oxygens (including phenoxy) is 1. The second-order valence-electron chi connectivity index (χ2n) is 5.07. The van der Waals surface area contributed by atoms with Crippen LogP contribution in [0.5, 0.6) is 0 Å². The number of aromatic nitrogens is 2. The molecule has 1 aliphatic heterocycles. The molecule has 0 amide bonds. The van der Waals surface area contributed by atoms with Gasteiger partial charge in [0.15, 0.2) is 5.82 Å². The van der Waals surface area contributed by atoms with Gasteiger partial charge in [0.1, 0.15) is 0 Å². The first-order valence-electron chi connectivity index (χ1n) is 6.60. The molecule has 3 N–H and O–H groups in total. The Kier molecular flexibility index (Phi) is 4.34. The Morgan fingerprint density at radius 1 is 1.37 bits per heavy atom. The van der Waals surface area contributed by atoms with Gasteiger partial charge in [-0.2, -0.15) is 5.10 Å². The molecule has 1 aliphatic rings. The second kappa shape index (κ2) is 5.81. The lowest BCUT2D eigenvalue weighted by atomic mass is 10.1. The quantitative estimate of drug-likeness (QED) is 0.809. The minimum Gasteiger partial charge on any atom is -0.394 e. The van der Waals surface area contributed by atoms with Crippen molar-refractivity contribution in [2.75, 3.05) is 24.6 Å². The van der Waals surface area contributed by atoms with E-state index in [1.54, 1.807) is 0 Å². The van der Waals surface area contributed by atoms with Crippen molar-refractivity contribution in [2.24, 2.45) is 5.73 Å². The molecule has 1 aromatic heterocycles. The van der Waals surface area contributed by atoms with Crippen LogP contribution in [0, 0.1) is 13.8 Å². The number of aryl methyl sites for hydroxylation is 1. The molecule has 19 heavy (non-hydrogen) atoms. The first-order chi connectivity index (χ1) is 9.06. The zero-order valence-corrected chi connectivity index (χ0v) is 11.8. The van der Waals surface area contributed by atoms with Crippen LogP contribution in [-0.2, 0) is 11.3 Å². The molecule has 2 unspecified atom stereocenters. The summed E-state index contributed by atoms with van der Waals surface area (Å²) >= 11 is 0. The van der Waals surface area contributed by atoms with Gasteiger partial charge in [-0.05, 0) is 26.3 Å². The van der Waals surface area contributed by atoms with Gasteiger partial charge in [-0.25, -0.2) is 0 Å². The minimum atomic E-state index is -0.183. The Balaban J connectivity index is 2.33. The number of morpholine rings is 1. The van der Waals surface area contributed by atoms with Crippen LogP contribution in [0.15, 0.2) is 0 Å². The average Bonchev–Trinajstić information content (AvgIpc) is 2.40. The number of nitrogens with zero attached hydrogens (tertiary/aromatic N) is 3. The summed E-state index contributed by atoms with van der Waals surface area (Å²) in [6.07, 6.45) is -0.127. The second-order valence-corrected chi connectivity index (χ2v) is 5.07. The van der Waals surface area contributed by atoms with Crippen LogP contribution in [0.4, 0.5) is 5.82 Å². The molecular weight excluding hydrogens is 244 g/mol. The van der Waals surface area contributed by atoms with Crippen molar-refractivity contribution in [3.05, 3.63) is 16.8 Å². The number of nitrogens with two attached hydrogens (primary N) is 1. The fraction of sp³-hybridized carbons (Fsp3) is 0.692. The summed E-state index contributed by atoms with van der Waals surface area (Å²) in [5, 5.41) is 17.8. The Hall–Kier alpha value is -1.24. The fourth-order valence-corrected chi connectivity index (χ4v) is 2.46. The minimum absolute atomic E-state index is 0.0110. The zero-order chi connectivity index (χ0) is 14.0. The predicted molar refractivity (Wildman–Crippen MR) is 73.0 cm³/mol. The van der Waals surface area contributed by atoms with Gasteiger partial charge in [0.2, 0.25) is 0 Å². The third kappa shape index (κ3) is 2.86. The van der Waals surface area contributed by atoms with E-state index < -0.39 is 0 Å². The third-order valence-corrected chi connectivity index (χ3v) is 3.59. The highest BCUT2D eigenvalue weighted by Gasteiger charge is 2.27. The molecule has 0 aliphatic carbocycles. The monoisotopic (exact) mass is 266 g/mol. The van der Waals surface area contributed by atoms with Crippen molar-refractivity contribution in [1.82, 2.24) is 10.2 Å². The number of anilines is 1. The molecule has 1 saturated heterocycles. The van der Waals surface area contributed by atoms with Crippen molar-refractivity contribution in [2.45, 2.75) is 39.5 Å². The predicted octanol–water partition coefficient (Wildman–Crippen LogP) is 0.138. The van der Waals surface area contributed by atoms with Crippen LogP contribution in [0.1, 0.15) is 23.7 Å². The maximum absolute atomic E-state index is 9.29. The molecule has 6 nitrogen and oxygen atoms in total. The van der Waals surface area contributed by atoms with Gasteiger partial charge < -0.3 is 20.5 Å². The Labute approximate surface area is 113 Å². The van der Waals surface area contributed by atoms with Crippen molar-refractivity contribution in [3.8, 4) is 0 Å². The maximum atomic E-state index is 9.29. The lowest BCUT2D eigenvalue weighted by Crippen LogP contribution is -2.48. The number of aliphatic hydroxyl groups excluding tert-OH is 1. The Morgan fingerprint density at radius 3 is 2.74 bits per heavy atom. The van der Waals surface area contributed by atoms with Crippen LogP contribution < -0.4 is 10.6 Å².